The van der Waals surface area contributed by atoms with Gasteiger partial charge in [-0.2, -0.15) is 5.10 Å². The molecule has 1 heterocycles. The normalized spacial score (nSPS) is 14.7. The monoisotopic (exact) mass is 356 g/mol. The highest BCUT2D eigenvalue weighted by atomic mass is 16.5. The highest BCUT2D eigenvalue weighted by molar-refractivity contribution is 5.89. The Balaban J connectivity index is 1.45. The molecule has 6 nitrogen and oxygen atoms in total. The second kappa shape index (κ2) is 8.85. The first-order valence-corrected chi connectivity index (χ1v) is 9.30. The largest absolute Gasteiger partial charge is 0.497 e. The third-order valence-corrected chi connectivity index (χ3v) is 4.94. The summed E-state index contributed by atoms with van der Waals surface area (Å²) in [6, 6.07) is 10.3. The minimum absolute atomic E-state index is 0.0336. The summed E-state index contributed by atoms with van der Waals surface area (Å²) in [5.41, 5.74) is 1.20. The fourth-order valence-corrected chi connectivity index (χ4v) is 3.47. The summed E-state index contributed by atoms with van der Waals surface area (Å²) in [5.74, 6) is 1.71. The number of aromatic nitrogens is 2. The number of anilines is 1. The zero-order valence-corrected chi connectivity index (χ0v) is 15.6. The third-order valence-electron chi connectivity index (χ3n) is 4.94. The molecule has 2 aromatic rings. The number of nitrogens with one attached hydrogen (secondary N) is 1. The zero-order valence-electron chi connectivity index (χ0n) is 15.6. The SMILES string of the molecule is COc1ccc(CN(C)CCC(=O)Nc2ccnn2C2CCCC2)cc1. The first-order valence-electron chi connectivity index (χ1n) is 9.30. The van der Waals surface area contributed by atoms with E-state index in [-0.39, 0.29) is 5.91 Å². The molecule has 26 heavy (non-hydrogen) atoms. The number of methoxy groups -OCH3 is 1. The van der Waals surface area contributed by atoms with E-state index in [1.165, 1.54) is 18.4 Å². The number of benzene rings is 1. The molecule has 0 spiro atoms. The molecule has 0 atom stereocenters. The molecule has 6 heteroatoms. The van der Waals surface area contributed by atoms with E-state index >= 15 is 0 Å². The Kier molecular flexibility index (Phi) is 6.28. The number of ether oxygens (including phenoxy) is 1. The maximum atomic E-state index is 12.3. The average molecular weight is 356 g/mol. The van der Waals surface area contributed by atoms with Crippen molar-refractivity contribution < 1.29 is 9.53 Å². The van der Waals surface area contributed by atoms with E-state index in [9.17, 15) is 4.79 Å². The molecule has 0 bridgehead atoms. The molecule has 140 valence electrons. The molecule has 1 aromatic heterocycles. The van der Waals surface area contributed by atoms with Crippen molar-refractivity contribution in [2.24, 2.45) is 0 Å². The quantitative estimate of drug-likeness (QED) is 0.787. The summed E-state index contributed by atoms with van der Waals surface area (Å²) in [5, 5.41) is 7.42. The Labute approximate surface area is 155 Å². The van der Waals surface area contributed by atoms with E-state index in [1.807, 2.05) is 29.9 Å². The van der Waals surface area contributed by atoms with Crippen molar-refractivity contribution in [2.75, 3.05) is 26.0 Å². The van der Waals surface area contributed by atoms with Crippen molar-refractivity contribution >= 4 is 11.7 Å². The fraction of sp³-hybridized carbons (Fsp3) is 0.500. The summed E-state index contributed by atoms with van der Waals surface area (Å²) >= 11 is 0. The minimum atomic E-state index is 0.0336. The molecular weight excluding hydrogens is 328 g/mol. The van der Waals surface area contributed by atoms with Crippen LogP contribution in [0.5, 0.6) is 5.75 Å². The third kappa shape index (κ3) is 4.85. The van der Waals surface area contributed by atoms with Gasteiger partial charge in [0.1, 0.15) is 11.6 Å². The van der Waals surface area contributed by atoms with Gasteiger partial charge in [0.05, 0.1) is 19.3 Å². The highest BCUT2D eigenvalue weighted by Gasteiger charge is 2.20. The van der Waals surface area contributed by atoms with Crippen molar-refractivity contribution in [3.63, 3.8) is 0 Å². The van der Waals surface area contributed by atoms with Crippen LogP contribution in [0.25, 0.3) is 0 Å². The van der Waals surface area contributed by atoms with Crippen LogP contribution in [0.3, 0.4) is 0 Å². The van der Waals surface area contributed by atoms with Gasteiger partial charge in [-0.1, -0.05) is 25.0 Å². The number of hydrogen-bond donors (Lipinski definition) is 1. The molecule has 3 rings (SSSR count). The van der Waals surface area contributed by atoms with E-state index in [0.29, 0.717) is 19.0 Å². The maximum Gasteiger partial charge on any atom is 0.226 e. The minimum Gasteiger partial charge on any atom is -0.497 e. The number of amides is 1. The van der Waals surface area contributed by atoms with Crippen LogP contribution in [0.2, 0.25) is 0 Å². The smallest absolute Gasteiger partial charge is 0.226 e. The number of carbonyl (C=O) groups excluding carboxylic acids is 1. The van der Waals surface area contributed by atoms with Gasteiger partial charge in [-0.05, 0) is 37.6 Å². The van der Waals surface area contributed by atoms with Crippen LogP contribution in [-0.2, 0) is 11.3 Å². The van der Waals surface area contributed by atoms with Gasteiger partial charge in [-0.25, -0.2) is 4.68 Å². The van der Waals surface area contributed by atoms with Crippen LogP contribution < -0.4 is 10.1 Å². The van der Waals surface area contributed by atoms with E-state index < -0.39 is 0 Å². The molecule has 1 aromatic carbocycles. The standard InChI is InChI=1S/C20H28N4O2/c1-23(15-16-7-9-18(26-2)10-8-16)14-12-20(25)22-19-11-13-21-24(19)17-5-3-4-6-17/h7-11,13,17H,3-6,12,14-15H2,1-2H3,(H,22,25). The Morgan fingerprint density at radius 1 is 1.27 bits per heavy atom. The van der Waals surface area contributed by atoms with Gasteiger partial charge in [0.2, 0.25) is 5.91 Å². The highest BCUT2D eigenvalue weighted by Crippen LogP contribution is 2.31. The molecular formula is C20H28N4O2. The molecule has 1 amide bonds. The van der Waals surface area contributed by atoms with E-state index in [1.54, 1.807) is 13.3 Å². The van der Waals surface area contributed by atoms with Crippen LogP contribution >= 0.6 is 0 Å². The number of rotatable bonds is 8. The van der Waals surface area contributed by atoms with Gasteiger partial charge in [-0.3, -0.25) is 4.79 Å². The molecule has 1 fully saturated rings. The lowest BCUT2D eigenvalue weighted by atomic mass is 10.2. The van der Waals surface area contributed by atoms with Crippen molar-refractivity contribution in [2.45, 2.75) is 44.7 Å². The van der Waals surface area contributed by atoms with Crippen molar-refractivity contribution in [3.8, 4) is 5.75 Å². The molecule has 1 aliphatic carbocycles. The van der Waals surface area contributed by atoms with Crippen LogP contribution in [0, 0.1) is 0 Å². The van der Waals surface area contributed by atoms with Crippen LogP contribution in [0.4, 0.5) is 5.82 Å². The zero-order chi connectivity index (χ0) is 18.4. The Hall–Kier alpha value is -2.34. The summed E-state index contributed by atoms with van der Waals surface area (Å²) in [7, 11) is 3.69. The summed E-state index contributed by atoms with van der Waals surface area (Å²) in [4.78, 5) is 14.5. The lowest BCUT2D eigenvalue weighted by Gasteiger charge is -2.18. The Bertz CT molecular complexity index is 705. The molecule has 1 aliphatic rings. The second-order valence-corrected chi connectivity index (χ2v) is 6.98. The molecule has 0 saturated heterocycles. The van der Waals surface area contributed by atoms with Gasteiger partial charge in [0, 0.05) is 25.6 Å². The van der Waals surface area contributed by atoms with Crippen LogP contribution in [-0.4, -0.2) is 41.3 Å². The topological polar surface area (TPSA) is 59.4 Å². The van der Waals surface area contributed by atoms with Crippen molar-refractivity contribution in [1.82, 2.24) is 14.7 Å². The summed E-state index contributed by atoms with van der Waals surface area (Å²) in [6.45, 7) is 1.51. The fourth-order valence-electron chi connectivity index (χ4n) is 3.47. The van der Waals surface area contributed by atoms with E-state index in [2.05, 4.69) is 27.4 Å². The van der Waals surface area contributed by atoms with Crippen molar-refractivity contribution in [1.29, 1.82) is 0 Å². The van der Waals surface area contributed by atoms with Gasteiger partial charge in [0.15, 0.2) is 0 Å². The Morgan fingerprint density at radius 2 is 2.00 bits per heavy atom. The number of nitrogens with zero attached hydrogens (tertiary/aromatic N) is 3. The molecule has 0 aliphatic heterocycles. The van der Waals surface area contributed by atoms with E-state index in [0.717, 1.165) is 31.0 Å². The van der Waals surface area contributed by atoms with Gasteiger partial charge >= 0.3 is 0 Å². The summed E-state index contributed by atoms with van der Waals surface area (Å²) < 4.78 is 7.15. The average Bonchev–Trinajstić information content (AvgIpc) is 3.32. The first kappa shape index (κ1) is 18.5. The maximum absolute atomic E-state index is 12.3. The summed E-state index contributed by atoms with van der Waals surface area (Å²) in [6.07, 6.45) is 7.01. The molecule has 1 saturated carbocycles. The lowest BCUT2D eigenvalue weighted by molar-refractivity contribution is -0.116. The van der Waals surface area contributed by atoms with Crippen LogP contribution in [0.15, 0.2) is 36.5 Å². The predicted octanol–water partition coefficient (Wildman–Crippen LogP) is 3.47. The van der Waals surface area contributed by atoms with Gasteiger partial charge < -0.3 is 15.0 Å². The number of carbonyl (C=O) groups is 1. The van der Waals surface area contributed by atoms with Gasteiger partial charge in [0.25, 0.3) is 0 Å². The van der Waals surface area contributed by atoms with Gasteiger partial charge in [-0.15, -0.1) is 0 Å². The molecule has 0 radical (unpaired) electrons. The second-order valence-electron chi connectivity index (χ2n) is 6.98. The Morgan fingerprint density at radius 3 is 2.69 bits per heavy atom. The number of hydrogen-bond acceptors (Lipinski definition) is 4. The van der Waals surface area contributed by atoms with Crippen LogP contribution in [0.1, 0.15) is 43.7 Å². The lowest BCUT2D eigenvalue weighted by Crippen LogP contribution is -2.25. The van der Waals surface area contributed by atoms with Crippen molar-refractivity contribution in [3.05, 3.63) is 42.1 Å². The van der Waals surface area contributed by atoms with E-state index in [4.69, 9.17) is 4.74 Å². The molecule has 0 unspecified atom stereocenters. The predicted molar refractivity (Wildman–Crippen MR) is 102 cm³/mol. The first-order chi connectivity index (χ1) is 12.7. The molecule has 1 N–H and O–H groups in total.